The lowest BCUT2D eigenvalue weighted by Crippen LogP contribution is -2.27. The SMILES string of the molecule is CCOc1ccc(CCNS(=O)(=O)Cc2ccc(C)cc2)cc1. The van der Waals surface area contributed by atoms with Crippen molar-refractivity contribution in [3.63, 3.8) is 0 Å². The second-order valence-corrected chi connectivity index (χ2v) is 7.27. The van der Waals surface area contributed by atoms with Crippen LogP contribution < -0.4 is 9.46 Å². The topological polar surface area (TPSA) is 55.4 Å². The van der Waals surface area contributed by atoms with Gasteiger partial charge in [0, 0.05) is 6.54 Å². The van der Waals surface area contributed by atoms with Crippen LogP contribution in [0.3, 0.4) is 0 Å². The van der Waals surface area contributed by atoms with Gasteiger partial charge in [-0.25, -0.2) is 13.1 Å². The van der Waals surface area contributed by atoms with E-state index in [1.54, 1.807) is 0 Å². The molecule has 4 nitrogen and oxygen atoms in total. The molecular formula is C18H23NO3S. The predicted octanol–water partition coefficient (Wildman–Crippen LogP) is 3.06. The van der Waals surface area contributed by atoms with Crippen molar-refractivity contribution in [3.05, 3.63) is 65.2 Å². The van der Waals surface area contributed by atoms with Crippen molar-refractivity contribution in [1.82, 2.24) is 4.72 Å². The molecule has 124 valence electrons. The molecule has 0 saturated heterocycles. The van der Waals surface area contributed by atoms with E-state index in [9.17, 15) is 8.42 Å². The van der Waals surface area contributed by atoms with Gasteiger partial charge < -0.3 is 4.74 Å². The van der Waals surface area contributed by atoms with Crippen molar-refractivity contribution >= 4 is 10.0 Å². The fraction of sp³-hybridized carbons (Fsp3) is 0.333. The van der Waals surface area contributed by atoms with Gasteiger partial charge in [0.2, 0.25) is 10.0 Å². The van der Waals surface area contributed by atoms with Crippen LogP contribution in [-0.2, 0) is 22.2 Å². The molecule has 0 radical (unpaired) electrons. The lowest BCUT2D eigenvalue weighted by molar-refractivity contribution is 0.340. The normalized spacial score (nSPS) is 11.4. The van der Waals surface area contributed by atoms with Gasteiger partial charge in [-0.15, -0.1) is 0 Å². The summed E-state index contributed by atoms with van der Waals surface area (Å²) in [6, 6.07) is 15.3. The molecule has 2 aromatic carbocycles. The Kier molecular flexibility index (Phi) is 6.19. The molecule has 0 saturated carbocycles. The molecule has 5 heteroatoms. The smallest absolute Gasteiger partial charge is 0.215 e. The van der Waals surface area contributed by atoms with Crippen molar-refractivity contribution in [2.45, 2.75) is 26.0 Å². The number of aryl methyl sites for hydroxylation is 1. The molecule has 0 aliphatic carbocycles. The molecule has 0 aromatic heterocycles. The number of benzene rings is 2. The van der Waals surface area contributed by atoms with Gasteiger partial charge >= 0.3 is 0 Å². The molecule has 0 bridgehead atoms. The summed E-state index contributed by atoms with van der Waals surface area (Å²) in [5.41, 5.74) is 2.99. The Bertz CT molecular complexity index is 707. The lowest BCUT2D eigenvalue weighted by atomic mass is 10.1. The third-order valence-electron chi connectivity index (χ3n) is 3.45. The van der Waals surface area contributed by atoms with Crippen LogP contribution in [0.2, 0.25) is 0 Å². The summed E-state index contributed by atoms with van der Waals surface area (Å²) in [5, 5.41) is 0. The summed E-state index contributed by atoms with van der Waals surface area (Å²) >= 11 is 0. The minimum atomic E-state index is -3.31. The van der Waals surface area contributed by atoms with Crippen LogP contribution in [0.1, 0.15) is 23.6 Å². The molecule has 0 heterocycles. The zero-order chi connectivity index (χ0) is 16.7. The van der Waals surface area contributed by atoms with Gasteiger partial charge in [0.1, 0.15) is 5.75 Å². The van der Waals surface area contributed by atoms with Crippen molar-refractivity contribution in [2.24, 2.45) is 0 Å². The number of ether oxygens (including phenoxy) is 1. The largest absolute Gasteiger partial charge is 0.494 e. The highest BCUT2D eigenvalue weighted by atomic mass is 32.2. The Labute approximate surface area is 138 Å². The van der Waals surface area contributed by atoms with Gasteiger partial charge in [-0.05, 0) is 43.5 Å². The molecule has 2 rings (SSSR count). The van der Waals surface area contributed by atoms with Crippen LogP contribution in [0, 0.1) is 6.92 Å². The van der Waals surface area contributed by atoms with Crippen LogP contribution in [0.25, 0.3) is 0 Å². The summed E-state index contributed by atoms with van der Waals surface area (Å²) in [5.74, 6) is 0.840. The summed E-state index contributed by atoms with van der Waals surface area (Å²) < 4.78 is 32.2. The Hall–Kier alpha value is -1.85. The molecule has 0 atom stereocenters. The van der Waals surface area contributed by atoms with E-state index >= 15 is 0 Å². The van der Waals surface area contributed by atoms with Gasteiger partial charge in [0.25, 0.3) is 0 Å². The first-order valence-corrected chi connectivity index (χ1v) is 9.38. The maximum Gasteiger partial charge on any atom is 0.215 e. The van der Waals surface area contributed by atoms with Gasteiger partial charge in [-0.2, -0.15) is 0 Å². The fourth-order valence-corrected chi connectivity index (χ4v) is 3.37. The second kappa shape index (κ2) is 8.13. The van der Waals surface area contributed by atoms with Gasteiger partial charge in [0.15, 0.2) is 0 Å². The zero-order valence-corrected chi connectivity index (χ0v) is 14.4. The Balaban J connectivity index is 1.83. The quantitative estimate of drug-likeness (QED) is 0.808. The number of sulfonamides is 1. The van der Waals surface area contributed by atoms with Crippen molar-refractivity contribution in [1.29, 1.82) is 0 Å². The lowest BCUT2D eigenvalue weighted by Gasteiger charge is -2.08. The van der Waals surface area contributed by atoms with E-state index in [4.69, 9.17) is 4.74 Å². The number of hydrogen-bond donors (Lipinski definition) is 1. The van der Waals surface area contributed by atoms with E-state index in [0.717, 1.165) is 22.4 Å². The van der Waals surface area contributed by atoms with E-state index in [-0.39, 0.29) is 5.75 Å². The van der Waals surface area contributed by atoms with Crippen LogP contribution >= 0.6 is 0 Å². The minimum Gasteiger partial charge on any atom is -0.494 e. The molecule has 0 amide bonds. The van der Waals surface area contributed by atoms with Crippen molar-refractivity contribution < 1.29 is 13.2 Å². The Morgan fingerprint density at radius 3 is 2.17 bits per heavy atom. The maximum absolute atomic E-state index is 12.1. The van der Waals surface area contributed by atoms with E-state index in [0.29, 0.717) is 19.6 Å². The van der Waals surface area contributed by atoms with Crippen molar-refractivity contribution in [2.75, 3.05) is 13.2 Å². The first-order chi connectivity index (χ1) is 11.0. The van der Waals surface area contributed by atoms with Gasteiger partial charge in [0.05, 0.1) is 12.4 Å². The molecule has 0 aliphatic heterocycles. The summed E-state index contributed by atoms with van der Waals surface area (Å²) in [6.45, 7) is 4.95. The standard InChI is InChI=1S/C18H23NO3S/c1-3-22-18-10-8-16(9-11-18)12-13-19-23(20,21)14-17-6-4-15(2)5-7-17/h4-11,19H,3,12-14H2,1-2H3. The molecule has 0 aliphatic rings. The average molecular weight is 333 g/mol. The summed E-state index contributed by atoms with van der Waals surface area (Å²) in [4.78, 5) is 0. The monoisotopic (exact) mass is 333 g/mol. The number of hydrogen-bond acceptors (Lipinski definition) is 3. The molecule has 23 heavy (non-hydrogen) atoms. The van der Waals surface area contributed by atoms with Gasteiger partial charge in [-0.3, -0.25) is 0 Å². The minimum absolute atomic E-state index is 0.0105. The molecule has 2 aromatic rings. The fourth-order valence-electron chi connectivity index (χ4n) is 2.22. The zero-order valence-electron chi connectivity index (χ0n) is 13.6. The number of nitrogens with one attached hydrogen (secondary N) is 1. The van der Waals surface area contributed by atoms with Crippen molar-refractivity contribution in [3.8, 4) is 5.75 Å². The van der Waals surface area contributed by atoms with E-state index in [2.05, 4.69) is 4.72 Å². The molecular weight excluding hydrogens is 310 g/mol. The second-order valence-electron chi connectivity index (χ2n) is 5.47. The Morgan fingerprint density at radius 1 is 0.957 bits per heavy atom. The molecule has 0 fully saturated rings. The highest BCUT2D eigenvalue weighted by Crippen LogP contribution is 2.12. The first-order valence-electron chi connectivity index (χ1n) is 7.73. The van der Waals surface area contributed by atoms with Crippen LogP contribution in [0.15, 0.2) is 48.5 Å². The van der Waals surface area contributed by atoms with E-state index in [1.165, 1.54) is 0 Å². The van der Waals surface area contributed by atoms with Gasteiger partial charge in [-0.1, -0.05) is 42.0 Å². The Morgan fingerprint density at radius 2 is 1.57 bits per heavy atom. The third kappa shape index (κ3) is 6.04. The first kappa shape index (κ1) is 17.5. The maximum atomic E-state index is 12.1. The van der Waals surface area contributed by atoms with Crippen LogP contribution in [0.5, 0.6) is 5.75 Å². The third-order valence-corrected chi connectivity index (χ3v) is 4.80. The van der Waals surface area contributed by atoms with Crippen LogP contribution in [-0.4, -0.2) is 21.6 Å². The average Bonchev–Trinajstić information content (AvgIpc) is 2.51. The molecule has 0 unspecified atom stereocenters. The van der Waals surface area contributed by atoms with E-state index < -0.39 is 10.0 Å². The molecule has 1 N–H and O–H groups in total. The van der Waals surface area contributed by atoms with E-state index in [1.807, 2.05) is 62.4 Å². The summed E-state index contributed by atoms with van der Waals surface area (Å²) in [7, 11) is -3.31. The predicted molar refractivity (Wildman–Crippen MR) is 93.1 cm³/mol. The number of rotatable bonds is 8. The molecule has 0 spiro atoms. The highest BCUT2D eigenvalue weighted by molar-refractivity contribution is 7.88. The highest BCUT2D eigenvalue weighted by Gasteiger charge is 2.10. The van der Waals surface area contributed by atoms with Crippen LogP contribution in [0.4, 0.5) is 0 Å². The summed E-state index contributed by atoms with van der Waals surface area (Å²) in [6.07, 6.45) is 0.652.